The smallest absolute Gasteiger partial charge is 0.215 e. The van der Waals surface area contributed by atoms with Gasteiger partial charge in [0.2, 0.25) is 8.32 Å². The zero-order valence-corrected chi connectivity index (χ0v) is 12.1. The largest absolute Gasteiger partial charge is 0.376 e. The third-order valence-electron chi connectivity index (χ3n) is 4.15. The molecule has 2 aliphatic heterocycles. The van der Waals surface area contributed by atoms with Crippen molar-refractivity contribution < 1.29 is 14.1 Å². The lowest BCUT2D eigenvalue weighted by molar-refractivity contribution is -0.350. The maximum absolute atomic E-state index is 6.14. The second-order valence-electron chi connectivity index (χ2n) is 6.51. The summed E-state index contributed by atoms with van der Waals surface area (Å²) in [7, 11) is -1.62. The molecule has 0 radical (unpaired) electrons. The van der Waals surface area contributed by atoms with Gasteiger partial charge >= 0.3 is 0 Å². The van der Waals surface area contributed by atoms with Gasteiger partial charge in [-0.15, -0.1) is 0 Å². The molecule has 3 aliphatic rings. The lowest BCUT2D eigenvalue weighted by Gasteiger charge is -2.43. The molecule has 98 valence electrons. The zero-order valence-electron chi connectivity index (χ0n) is 11.1. The van der Waals surface area contributed by atoms with Crippen LogP contribution in [-0.2, 0) is 14.1 Å². The standard InChI is InChI=1S/C12H23NO3Si/c1-17(2,3)16-13-12-7-5-4-6-11(12)14-8-10(12)9-15-13/h10-11H,4-9H2,1-3H3/t10-,11-,12+/m1/s1. The Balaban J connectivity index is 1.85. The molecule has 17 heavy (non-hydrogen) atoms. The fourth-order valence-corrected chi connectivity index (χ4v) is 4.13. The second-order valence-corrected chi connectivity index (χ2v) is 10.9. The molecule has 1 aliphatic carbocycles. The number of hydrogen-bond donors (Lipinski definition) is 0. The lowest BCUT2D eigenvalue weighted by atomic mass is 9.74. The van der Waals surface area contributed by atoms with E-state index >= 15 is 0 Å². The van der Waals surface area contributed by atoms with Gasteiger partial charge in [-0.05, 0) is 32.5 Å². The maximum atomic E-state index is 6.14. The molecule has 5 heteroatoms. The molecule has 2 heterocycles. The summed E-state index contributed by atoms with van der Waals surface area (Å²) in [5, 5.41) is 1.86. The molecular formula is C12H23NO3Si. The predicted octanol–water partition coefficient (Wildman–Crippen LogP) is 2.33. The summed E-state index contributed by atoms with van der Waals surface area (Å²) in [5.41, 5.74) is 0.0263. The SMILES string of the molecule is C[Si](C)(C)ON1OC[C@H]2CO[C@@H]3CCCC[C@]231. The van der Waals surface area contributed by atoms with E-state index in [1.807, 2.05) is 5.23 Å². The molecule has 2 saturated heterocycles. The van der Waals surface area contributed by atoms with Crippen LogP contribution in [0.1, 0.15) is 25.7 Å². The maximum Gasteiger partial charge on any atom is 0.215 e. The Bertz CT molecular complexity index is 305. The van der Waals surface area contributed by atoms with Crippen LogP contribution < -0.4 is 0 Å². The fraction of sp³-hybridized carbons (Fsp3) is 1.00. The predicted molar refractivity (Wildman–Crippen MR) is 66.7 cm³/mol. The van der Waals surface area contributed by atoms with Crippen molar-refractivity contribution in [3.8, 4) is 0 Å². The van der Waals surface area contributed by atoms with E-state index < -0.39 is 8.32 Å². The summed E-state index contributed by atoms with van der Waals surface area (Å²) < 4.78 is 12.1. The van der Waals surface area contributed by atoms with Crippen LogP contribution in [0.3, 0.4) is 0 Å². The second kappa shape index (κ2) is 4.03. The fourth-order valence-electron chi connectivity index (χ4n) is 3.41. The third-order valence-corrected chi connectivity index (χ3v) is 4.86. The summed E-state index contributed by atoms with van der Waals surface area (Å²) in [6.07, 6.45) is 5.18. The van der Waals surface area contributed by atoms with Gasteiger partial charge in [0.05, 0.1) is 19.3 Å². The Morgan fingerprint density at radius 3 is 2.82 bits per heavy atom. The van der Waals surface area contributed by atoms with Crippen LogP contribution in [0.5, 0.6) is 0 Å². The van der Waals surface area contributed by atoms with Crippen molar-refractivity contribution in [2.24, 2.45) is 5.92 Å². The highest BCUT2D eigenvalue weighted by molar-refractivity contribution is 6.69. The molecule has 0 unspecified atom stereocenters. The molecular weight excluding hydrogens is 234 g/mol. The van der Waals surface area contributed by atoms with Crippen LogP contribution in [0.25, 0.3) is 0 Å². The molecule has 0 N–H and O–H groups in total. The topological polar surface area (TPSA) is 30.9 Å². The van der Waals surface area contributed by atoms with Gasteiger partial charge in [0.15, 0.2) is 0 Å². The van der Waals surface area contributed by atoms with Crippen molar-refractivity contribution in [2.75, 3.05) is 13.2 Å². The molecule has 0 amide bonds. The first-order valence-electron chi connectivity index (χ1n) is 6.76. The van der Waals surface area contributed by atoms with Gasteiger partial charge in [0.25, 0.3) is 0 Å². The number of hydrogen-bond acceptors (Lipinski definition) is 4. The number of nitrogens with zero attached hydrogens (tertiary/aromatic N) is 1. The Morgan fingerprint density at radius 1 is 1.24 bits per heavy atom. The van der Waals surface area contributed by atoms with Gasteiger partial charge in [-0.1, -0.05) is 18.1 Å². The van der Waals surface area contributed by atoms with Crippen LogP contribution in [0.2, 0.25) is 19.6 Å². The van der Waals surface area contributed by atoms with Crippen molar-refractivity contribution in [1.82, 2.24) is 5.23 Å². The van der Waals surface area contributed by atoms with E-state index in [1.54, 1.807) is 0 Å². The van der Waals surface area contributed by atoms with Gasteiger partial charge in [0.1, 0.15) is 5.54 Å². The molecule has 1 spiro atoms. The first-order chi connectivity index (χ1) is 8.02. The molecule has 3 rings (SSSR count). The summed E-state index contributed by atoms with van der Waals surface area (Å²) in [5.74, 6) is 0.504. The number of rotatable bonds is 2. The normalized spacial score (nSPS) is 42.5. The highest BCUT2D eigenvalue weighted by atomic mass is 28.4. The van der Waals surface area contributed by atoms with Gasteiger partial charge in [-0.25, -0.2) is 0 Å². The molecule has 0 aromatic carbocycles. The van der Waals surface area contributed by atoms with E-state index in [0.29, 0.717) is 12.0 Å². The van der Waals surface area contributed by atoms with Crippen molar-refractivity contribution in [3.63, 3.8) is 0 Å². The van der Waals surface area contributed by atoms with Crippen LogP contribution in [0.4, 0.5) is 0 Å². The minimum Gasteiger partial charge on any atom is -0.376 e. The first-order valence-corrected chi connectivity index (χ1v) is 10.2. The van der Waals surface area contributed by atoms with Crippen molar-refractivity contribution in [2.45, 2.75) is 57.0 Å². The Morgan fingerprint density at radius 2 is 2.06 bits per heavy atom. The minimum absolute atomic E-state index is 0.0263. The summed E-state index contributed by atoms with van der Waals surface area (Å²) in [4.78, 5) is 5.82. The van der Waals surface area contributed by atoms with E-state index in [-0.39, 0.29) is 5.54 Å². The molecule has 0 aromatic rings. The summed E-state index contributed by atoms with van der Waals surface area (Å²) >= 11 is 0. The van der Waals surface area contributed by atoms with Crippen LogP contribution in [0, 0.1) is 5.92 Å². The molecule has 3 fully saturated rings. The zero-order chi connectivity index (χ0) is 12.1. The van der Waals surface area contributed by atoms with E-state index in [2.05, 4.69) is 19.6 Å². The Labute approximate surface area is 104 Å². The molecule has 0 aromatic heterocycles. The van der Waals surface area contributed by atoms with Crippen molar-refractivity contribution in [1.29, 1.82) is 0 Å². The number of ether oxygens (including phenoxy) is 1. The van der Waals surface area contributed by atoms with Crippen LogP contribution in [-0.4, -0.2) is 38.4 Å². The quantitative estimate of drug-likeness (QED) is 0.710. The van der Waals surface area contributed by atoms with Gasteiger partial charge in [-0.2, -0.15) is 0 Å². The molecule has 3 atom stereocenters. The third kappa shape index (κ3) is 1.88. The molecule has 4 nitrogen and oxygen atoms in total. The van der Waals surface area contributed by atoms with Crippen LogP contribution >= 0.6 is 0 Å². The van der Waals surface area contributed by atoms with Gasteiger partial charge < -0.3 is 9.26 Å². The van der Waals surface area contributed by atoms with E-state index in [0.717, 1.165) is 26.1 Å². The number of hydroxylamine groups is 2. The Kier molecular flexibility index (Phi) is 2.87. The lowest BCUT2D eigenvalue weighted by Crippen LogP contribution is -2.57. The van der Waals surface area contributed by atoms with Crippen molar-refractivity contribution in [3.05, 3.63) is 0 Å². The molecule has 0 bridgehead atoms. The average molecular weight is 257 g/mol. The highest BCUT2D eigenvalue weighted by Crippen LogP contribution is 2.50. The van der Waals surface area contributed by atoms with Crippen LogP contribution in [0.15, 0.2) is 0 Å². The highest BCUT2D eigenvalue weighted by Gasteiger charge is 2.62. The first kappa shape index (κ1) is 12.1. The van der Waals surface area contributed by atoms with Crippen molar-refractivity contribution >= 4 is 8.32 Å². The summed E-state index contributed by atoms with van der Waals surface area (Å²) in [6, 6.07) is 0. The van der Waals surface area contributed by atoms with Gasteiger partial charge in [-0.3, -0.25) is 4.84 Å². The minimum atomic E-state index is -1.62. The average Bonchev–Trinajstić information content (AvgIpc) is 2.75. The summed E-state index contributed by atoms with van der Waals surface area (Å²) in [6.45, 7) is 8.22. The monoisotopic (exact) mass is 257 g/mol. The Hall–Kier alpha value is 0.0569. The molecule has 1 saturated carbocycles. The van der Waals surface area contributed by atoms with E-state index in [9.17, 15) is 0 Å². The van der Waals surface area contributed by atoms with E-state index in [1.165, 1.54) is 12.8 Å². The van der Waals surface area contributed by atoms with Gasteiger partial charge in [0, 0.05) is 5.92 Å². The van der Waals surface area contributed by atoms with E-state index in [4.69, 9.17) is 14.1 Å².